The average Bonchev–Trinajstić information content (AvgIpc) is 3.39. The number of carbonyl (C=O) groups is 1. The van der Waals surface area contributed by atoms with E-state index in [1.807, 2.05) is 72.8 Å². The third kappa shape index (κ3) is 5.27. The van der Waals surface area contributed by atoms with Gasteiger partial charge in [0.05, 0.1) is 32.2 Å². The number of fused-ring (bicyclic) bond motifs is 1. The Labute approximate surface area is 220 Å². The molecule has 0 saturated heterocycles. The van der Waals surface area contributed by atoms with Gasteiger partial charge in [0.1, 0.15) is 18.1 Å². The van der Waals surface area contributed by atoms with Gasteiger partial charge in [0.25, 0.3) is 0 Å². The Morgan fingerprint density at radius 1 is 0.868 bits per heavy atom. The van der Waals surface area contributed by atoms with E-state index in [0.717, 1.165) is 11.1 Å². The van der Waals surface area contributed by atoms with Crippen molar-refractivity contribution in [3.8, 4) is 28.8 Å². The molecule has 192 valence electrons. The molecule has 5 aromatic rings. The van der Waals surface area contributed by atoms with Crippen LogP contribution in [0.1, 0.15) is 17.0 Å². The van der Waals surface area contributed by atoms with E-state index in [2.05, 4.69) is 20.6 Å². The van der Waals surface area contributed by atoms with Crippen molar-refractivity contribution in [3.63, 3.8) is 0 Å². The molecule has 38 heavy (non-hydrogen) atoms. The molecule has 1 amide bonds. The third-order valence-electron chi connectivity index (χ3n) is 6.07. The van der Waals surface area contributed by atoms with E-state index in [1.165, 1.54) is 0 Å². The van der Waals surface area contributed by atoms with E-state index >= 15 is 0 Å². The maximum atomic E-state index is 13.2. The first-order chi connectivity index (χ1) is 18.7. The molecule has 2 heterocycles. The Morgan fingerprint density at radius 2 is 1.58 bits per heavy atom. The monoisotopic (exact) mass is 509 g/mol. The molecule has 5 rings (SSSR count). The van der Waals surface area contributed by atoms with Gasteiger partial charge in [0.15, 0.2) is 11.5 Å². The van der Waals surface area contributed by atoms with Gasteiger partial charge in [0, 0.05) is 6.07 Å². The molecule has 9 heteroatoms. The van der Waals surface area contributed by atoms with Crippen LogP contribution in [-0.4, -0.2) is 53.1 Å². The summed E-state index contributed by atoms with van der Waals surface area (Å²) in [6.07, 6.45) is 0. The van der Waals surface area contributed by atoms with E-state index in [9.17, 15) is 4.79 Å². The van der Waals surface area contributed by atoms with Gasteiger partial charge >= 0.3 is 0 Å². The SMILES string of the molecule is COc1ccc(OC)c(-c2nnc3ccc(OCCNC(=O)C(c4ccccc4)c4ccccc4)nn23)c1. The molecule has 0 radical (unpaired) electrons. The van der Waals surface area contributed by atoms with Crippen molar-refractivity contribution in [2.75, 3.05) is 27.4 Å². The molecular formula is C29H27N5O4. The summed E-state index contributed by atoms with van der Waals surface area (Å²) in [4.78, 5) is 13.2. The highest BCUT2D eigenvalue weighted by Gasteiger charge is 2.22. The molecule has 0 unspecified atom stereocenters. The maximum absolute atomic E-state index is 13.2. The van der Waals surface area contributed by atoms with Crippen LogP contribution in [0.3, 0.4) is 0 Å². The zero-order valence-electron chi connectivity index (χ0n) is 21.1. The number of carbonyl (C=O) groups excluding carboxylic acids is 1. The fraction of sp³-hybridized carbons (Fsp3) is 0.172. The van der Waals surface area contributed by atoms with Crippen LogP contribution in [0.15, 0.2) is 91.0 Å². The van der Waals surface area contributed by atoms with Crippen molar-refractivity contribution in [1.29, 1.82) is 0 Å². The highest BCUT2D eigenvalue weighted by Crippen LogP contribution is 2.32. The van der Waals surface area contributed by atoms with Crippen LogP contribution in [0, 0.1) is 0 Å². The minimum absolute atomic E-state index is 0.0966. The fourth-order valence-electron chi connectivity index (χ4n) is 4.22. The van der Waals surface area contributed by atoms with Crippen LogP contribution in [0.2, 0.25) is 0 Å². The minimum atomic E-state index is -0.413. The predicted octanol–water partition coefficient (Wildman–Crippen LogP) is 4.14. The van der Waals surface area contributed by atoms with Gasteiger partial charge in [-0.3, -0.25) is 4.79 Å². The number of methoxy groups -OCH3 is 2. The second kappa shape index (κ2) is 11.4. The Bertz CT molecular complexity index is 1480. The maximum Gasteiger partial charge on any atom is 0.232 e. The number of rotatable bonds is 10. The zero-order chi connectivity index (χ0) is 26.3. The van der Waals surface area contributed by atoms with Crippen molar-refractivity contribution >= 4 is 11.6 Å². The molecule has 0 aliphatic rings. The third-order valence-corrected chi connectivity index (χ3v) is 6.07. The van der Waals surface area contributed by atoms with Crippen LogP contribution >= 0.6 is 0 Å². The Kier molecular flexibility index (Phi) is 7.44. The summed E-state index contributed by atoms with van der Waals surface area (Å²) in [5.74, 6) is 1.62. The van der Waals surface area contributed by atoms with Gasteiger partial charge in [-0.15, -0.1) is 15.3 Å². The average molecular weight is 510 g/mol. The van der Waals surface area contributed by atoms with Gasteiger partial charge in [-0.05, 0) is 35.4 Å². The molecule has 0 aliphatic heterocycles. The van der Waals surface area contributed by atoms with Crippen molar-refractivity contribution in [2.24, 2.45) is 0 Å². The van der Waals surface area contributed by atoms with Crippen molar-refractivity contribution in [2.45, 2.75) is 5.92 Å². The number of amides is 1. The minimum Gasteiger partial charge on any atom is -0.497 e. The lowest BCUT2D eigenvalue weighted by molar-refractivity contribution is -0.121. The van der Waals surface area contributed by atoms with Crippen molar-refractivity contribution in [3.05, 3.63) is 102 Å². The lowest BCUT2D eigenvalue weighted by Gasteiger charge is -2.18. The largest absolute Gasteiger partial charge is 0.497 e. The van der Waals surface area contributed by atoms with Crippen molar-refractivity contribution < 1.29 is 19.0 Å². The Balaban J connectivity index is 1.28. The molecule has 0 atom stereocenters. The highest BCUT2D eigenvalue weighted by atomic mass is 16.5. The standard InChI is InChI=1S/C29H27N5O4/c1-36-22-13-14-24(37-2)23(19-22)28-32-31-25-15-16-26(33-34(25)28)38-18-17-30-29(35)27(20-9-5-3-6-10-20)21-11-7-4-8-12-21/h3-16,19,27H,17-18H2,1-2H3,(H,30,35). The van der Waals surface area contributed by atoms with Gasteiger partial charge in [-0.2, -0.15) is 4.52 Å². The van der Waals surface area contributed by atoms with Crippen LogP contribution < -0.4 is 19.5 Å². The molecule has 0 bridgehead atoms. The topological polar surface area (TPSA) is 99.9 Å². The molecule has 1 N–H and O–H groups in total. The smallest absolute Gasteiger partial charge is 0.232 e. The summed E-state index contributed by atoms with van der Waals surface area (Å²) < 4.78 is 18.3. The number of hydrogen-bond acceptors (Lipinski definition) is 7. The van der Waals surface area contributed by atoms with Crippen molar-refractivity contribution in [1.82, 2.24) is 25.1 Å². The fourth-order valence-corrected chi connectivity index (χ4v) is 4.22. The number of nitrogens with one attached hydrogen (secondary N) is 1. The summed E-state index contributed by atoms with van der Waals surface area (Å²) >= 11 is 0. The first kappa shape index (κ1) is 24.8. The molecule has 3 aromatic carbocycles. The van der Waals surface area contributed by atoms with E-state index in [-0.39, 0.29) is 12.5 Å². The number of hydrogen-bond donors (Lipinski definition) is 1. The molecule has 0 spiro atoms. The predicted molar refractivity (Wildman–Crippen MR) is 143 cm³/mol. The molecule has 2 aromatic heterocycles. The summed E-state index contributed by atoms with van der Waals surface area (Å²) in [6.45, 7) is 0.550. The Morgan fingerprint density at radius 3 is 2.24 bits per heavy atom. The first-order valence-electron chi connectivity index (χ1n) is 12.1. The molecule has 0 aliphatic carbocycles. The summed E-state index contributed by atoms with van der Waals surface area (Å²) in [6, 6.07) is 28.4. The van der Waals surface area contributed by atoms with E-state index in [4.69, 9.17) is 14.2 Å². The van der Waals surface area contributed by atoms with Crippen LogP contribution in [0.4, 0.5) is 0 Å². The van der Waals surface area contributed by atoms with Crippen LogP contribution in [0.5, 0.6) is 17.4 Å². The lowest BCUT2D eigenvalue weighted by Crippen LogP contribution is -2.33. The highest BCUT2D eigenvalue weighted by molar-refractivity contribution is 5.87. The summed E-state index contributed by atoms with van der Waals surface area (Å²) in [7, 11) is 3.18. The first-order valence-corrected chi connectivity index (χ1v) is 12.1. The second-order valence-electron chi connectivity index (χ2n) is 8.43. The lowest BCUT2D eigenvalue weighted by atomic mass is 9.90. The van der Waals surface area contributed by atoms with Crippen LogP contribution in [-0.2, 0) is 4.79 Å². The van der Waals surface area contributed by atoms with Crippen LogP contribution in [0.25, 0.3) is 17.0 Å². The second-order valence-corrected chi connectivity index (χ2v) is 8.43. The molecule has 9 nitrogen and oxygen atoms in total. The van der Waals surface area contributed by atoms with E-state index < -0.39 is 5.92 Å². The van der Waals surface area contributed by atoms with E-state index in [0.29, 0.717) is 41.0 Å². The van der Waals surface area contributed by atoms with Gasteiger partial charge in [0.2, 0.25) is 11.8 Å². The molecular weight excluding hydrogens is 482 g/mol. The molecule has 0 saturated carbocycles. The number of nitrogens with zero attached hydrogens (tertiary/aromatic N) is 4. The van der Waals surface area contributed by atoms with E-state index in [1.54, 1.807) is 36.9 Å². The quantitative estimate of drug-likeness (QED) is 0.283. The zero-order valence-corrected chi connectivity index (χ0v) is 21.1. The normalized spacial score (nSPS) is 10.9. The van der Waals surface area contributed by atoms with Gasteiger partial charge in [-0.25, -0.2) is 0 Å². The summed E-state index contributed by atoms with van der Waals surface area (Å²) in [5, 5.41) is 16.0. The van der Waals surface area contributed by atoms with Gasteiger partial charge < -0.3 is 19.5 Å². The number of ether oxygens (including phenoxy) is 3. The molecule has 0 fully saturated rings. The Hall–Kier alpha value is -4.92. The number of benzene rings is 3. The van der Waals surface area contributed by atoms with Gasteiger partial charge in [-0.1, -0.05) is 60.7 Å². The summed E-state index contributed by atoms with van der Waals surface area (Å²) in [5.41, 5.74) is 3.10. The number of aromatic nitrogens is 4.